The summed E-state index contributed by atoms with van der Waals surface area (Å²) in [6.45, 7) is 3.59. The number of carbonyl (C=O) groups is 3. The SMILES string of the molecule is C[C@@H](OC(=O)c1ccccc1SCC(=O)N[C@H](C)[C@@H]1C[C@@H]2CC[C@@H]1C2)C(=O)c1ccc(F)cc1. The number of hydrogen-bond acceptors (Lipinski definition) is 5. The highest BCUT2D eigenvalue weighted by Gasteiger charge is 2.42. The maximum atomic E-state index is 13.1. The van der Waals surface area contributed by atoms with Gasteiger partial charge < -0.3 is 10.1 Å². The third kappa shape index (κ3) is 5.69. The van der Waals surface area contributed by atoms with Crippen LogP contribution in [0.2, 0.25) is 0 Å². The Kier molecular flexibility index (Phi) is 7.71. The molecule has 0 spiro atoms. The summed E-state index contributed by atoms with van der Waals surface area (Å²) in [5, 5.41) is 3.15. The van der Waals surface area contributed by atoms with Crippen LogP contribution in [-0.2, 0) is 9.53 Å². The van der Waals surface area contributed by atoms with Gasteiger partial charge in [0.05, 0.1) is 11.3 Å². The molecule has 2 aliphatic rings. The van der Waals surface area contributed by atoms with Crippen LogP contribution >= 0.6 is 11.8 Å². The fourth-order valence-electron chi connectivity index (χ4n) is 5.34. The predicted molar refractivity (Wildman–Crippen MR) is 129 cm³/mol. The van der Waals surface area contributed by atoms with Crippen molar-refractivity contribution in [2.75, 3.05) is 5.75 Å². The molecule has 5 atom stereocenters. The van der Waals surface area contributed by atoms with Crippen molar-refractivity contribution < 1.29 is 23.5 Å². The van der Waals surface area contributed by atoms with E-state index in [0.717, 1.165) is 11.8 Å². The van der Waals surface area contributed by atoms with Crippen LogP contribution in [0.25, 0.3) is 0 Å². The standard InChI is InChI=1S/C27H30FNO4S/c1-16(23-14-18-7-8-20(23)13-18)29-25(30)15-34-24-6-4-3-5-22(24)27(32)33-17(2)26(31)19-9-11-21(28)12-10-19/h3-6,9-12,16-18,20,23H,7-8,13-15H2,1-2H3,(H,29,30)/t16-,17-,18-,20-,23+/m1/s1. The molecule has 1 N–H and O–H groups in total. The molecule has 2 aromatic rings. The third-order valence-corrected chi connectivity index (χ3v) is 8.14. The summed E-state index contributed by atoms with van der Waals surface area (Å²) >= 11 is 1.28. The maximum absolute atomic E-state index is 13.1. The van der Waals surface area contributed by atoms with E-state index < -0.39 is 23.7 Å². The number of nitrogens with one attached hydrogen (secondary N) is 1. The Bertz CT molecular complexity index is 1060. The van der Waals surface area contributed by atoms with Gasteiger partial charge in [-0.1, -0.05) is 18.6 Å². The number of halogens is 1. The first kappa shape index (κ1) is 24.5. The molecule has 5 nitrogen and oxygen atoms in total. The summed E-state index contributed by atoms with van der Waals surface area (Å²) in [7, 11) is 0. The van der Waals surface area contributed by atoms with Crippen molar-refractivity contribution >= 4 is 29.4 Å². The highest BCUT2D eigenvalue weighted by atomic mass is 32.2. The van der Waals surface area contributed by atoms with E-state index in [1.165, 1.54) is 68.6 Å². The molecule has 34 heavy (non-hydrogen) atoms. The first-order valence-corrected chi connectivity index (χ1v) is 12.8. The van der Waals surface area contributed by atoms with Gasteiger partial charge in [0.2, 0.25) is 11.7 Å². The minimum absolute atomic E-state index is 0.0525. The summed E-state index contributed by atoms with van der Waals surface area (Å²) in [6, 6.07) is 12.2. The van der Waals surface area contributed by atoms with Crippen LogP contribution in [0, 0.1) is 23.6 Å². The van der Waals surface area contributed by atoms with Crippen LogP contribution in [0.15, 0.2) is 53.4 Å². The topological polar surface area (TPSA) is 72.5 Å². The second-order valence-electron chi connectivity index (χ2n) is 9.40. The number of amides is 1. The maximum Gasteiger partial charge on any atom is 0.339 e. The molecule has 0 aliphatic heterocycles. The molecule has 2 aromatic carbocycles. The van der Waals surface area contributed by atoms with Crippen LogP contribution in [-0.4, -0.2) is 35.6 Å². The number of rotatable bonds is 9. The number of ether oxygens (including phenoxy) is 1. The number of Topliss-reactive ketones (excluding diaryl/α,β-unsaturated/α-hetero) is 1. The van der Waals surface area contributed by atoms with E-state index in [1.54, 1.807) is 24.3 Å². The van der Waals surface area contributed by atoms with Crippen LogP contribution < -0.4 is 5.32 Å². The fourth-order valence-corrected chi connectivity index (χ4v) is 6.19. The Morgan fingerprint density at radius 1 is 1.06 bits per heavy atom. The summed E-state index contributed by atoms with van der Waals surface area (Å²) in [6.07, 6.45) is 4.10. The highest BCUT2D eigenvalue weighted by Crippen LogP contribution is 2.49. The normalized spacial score (nSPS) is 22.7. The molecule has 180 valence electrons. The van der Waals surface area contributed by atoms with Gasteiger partial charge in [0.25, 0.3) is 0 Å². The van der Waals surface area contributed by atoms with Gasteiger partial charge in [0.1, 0.15) is 5.82 Å². The van der Waals surface area contributed by atoms with Crippen LogP contribution in [0.4, 0.5) is 4.39 Å². The van der Waals surface area contributed by atoms with Crippen LogP contribution in [0.1, 0.15) is 60.2 Å². The second-order valence-corrected chi connectivity index (χ2v) is 10.4. The summed E-state index contributed by atoms with van der Waals surface area (Å²) in [4.78, 5) is 38.5. The molecule has 0 saturated heterocycles. The highest BCUT2D eigenvalue weighted by molar-refractivity contribution is 8.00. The average Bonchev–Trinajstić information content (AvgIpc) is 3.47. The van der Waals surface area contributed by atoms with E-state index >= 15 is 0 Å². The third-order valence-electron chi connectivity index (χ3n) is 7.07. The van der Waals surface area contributed by atoms with E-state index in [2.05, 4.69) is 12.2 Å². The van der Waals surface area contributed by atoms with Gasteiger partial charge in [0.15, 0.2) is 6.10 Å². The van der Waals surface area contributed by atoms with Gasteiger partial charge in [-0.25, -0.2) is 9.18 Å². The Labute approximate surface area is 203 Å². The van der Waals surface area contributed by atoms with Crippen molar-refractivity contribution in [3.63, 3.8) is 0 Å². The number of benzene rings is 2. The zero-order valence-electron chi connectivity index (χ0n) is 19.5. The van der Waals surface area contributed by atoms with E-state index in [4.69, 9.17) is 4.74 Å². The number of thioether (sulfide) groups is 1. The number of ketones is 1. The minimum atomic E-state index is -1.03. The van der Waals surface area contributed by atoms with Gasteiger partial charge in [-0.15, -0.1) is 11.8 Å². The average molecular weight is 484 g/mol. The molecule has 0 aromatic heterocycles. The van der Waals surface area contributed by atoms with Crippen molar-refractivity contribution in [2.24, 2.45) is 17.8 Å². The molecule has 2 bridgehead atoms. The molecule has 7 heteroatoms. The monoisotopic (exact) mass is 483 g/mol. The predicted octanol–water partition coefficient (Wildman–Crippen LogP) is 5.29. The number of carbonyl (C=O) groups excluding carboxylic acids is 3. The van der Waals surface area contributed by atoms with Gasteiger partial charge in [-0.3, -0.25) is 9.59 Å². The molecular weight excluding hydrogens is 453 g/mol. The lowest BCUT2D eigenvalue weighted by atomic mass is 9.84. The molecule has 2 saturated carbocycles. The summed E-state index contributed by atoms with van der Waals surface area (Å²) in [5.41, 5.74) is 0.575. The molecule has 0 heterocycles. The van der Waals surface area contributed by atoms with E-state index in [1.807, 2.05) is 0 Å². The van der Waals surface area contributed by atoms with Crippen LogP contribution in [0.3, 0.4) is 0 Å². The first-order valence-electron chi connectivity index (χ1n) is 11.8. The Hall–Kier alpha value is -2.67. The van der Waals surface area contributed by atoms with Gasteiger partial charge in [-0.2, -0.15) is 0 Å². The van der Waals surface area contributed by atoms with Crippen LogP contribution in [0.5, 0.6) is 0 Å². The molecule has 4 rings (SSSR count). The Morgan fingerprint density at radius 3 is 2.47 bits per heavy atom. The van der Waals surface area contributed by atoms with Gasteiger partial charge in [0, 0.05) is 16.5 Å². The molecule has 2 fully saturated rings. The molecular formula is C27H30FNO4S. The molecule has 2 aliphatic carbocycles. The lowest BCUT2D eigenvalue weighted by Gasteiger charge is -2.28. The zero-order valence-corrected chi connectivity index (χ0v) is 20.3. The largest absolute Gasteiger partial charge is 0.451 e. The Balaban J connectivity index is 1.32. The quantitative estimate of drug-likeness (QED) is 0.298. The van der Waals surface area contributed by atoms with Gasteiger partial charge in [-0.05, 0) is 87.3 Å². The molecule has 0 unspecified atom stereocenters. The van der Waals surface area contributed by atoms with Crippen molar-refractivity contribution in [2.45, 2.75) is 56.6 Å². The second kappa shape index (κ2) is 10.7. The van der Waals surface area contributed by atoms with Gasteiger partial charge >= 0.3 is 5.97 Å². The van der Waals surface area contributed by atoms with E-state index in [0.29, 0.717) is 16.4 Å². The fraction of sp³-hybridized carbons (Fsp3) is 0.444. The van der Waals surface area contributed by atoms with Crippen molar-refractivity contribution in [3.8, 4) is 0 Å². The van der Waals surface area contributed by atoms with Crippen molar-refractivity contribution in [1.82, 2.24) is 5.32 Å². The van der Waals surface area contributed by atoms with Crippen molar-refractivity contribution in [1.29, 1.82) is 0 Å². The van der Waals surface area contributed by atoms with E-state index in [9.17, 15) is 18.8 Å². The first-order chi connectivity index (χ1) is 16.3. The Morgan fingerprint density at radius 2 is 1.79 bits per heavy atom. The lowest BCUT2D eigenvalue weighted by Crippen LogP contribution is -2.40. The number of fused-ring (bicyclic) bond motifs is 2. The van der Waals surface area contributed by atoms with Crippen molar-refractivity contribution in [3.05, 3.63) is 65.5 Å². The summed E-state index contributed by atoms with van der Waals surface area (Å²) in [5.74, 6) is 0.787. The molecule has 0 radical (unpaired) electrons. The minimum Gasteiger partial charge on any atom is -0.451 e. The smallest absolute Gasteiger partial charge is 0.339 e. The zero-order chi connectivity index (χ0) is 24.2. The number of esters is 1. The summed E-state index contributed by atoms with van der Waals surface area (Å²) < 4.78 is 18.5. The van der Waals surface area contributed by atoms with E-state index in [-0.39, 0.29) is 23.3 Å². The number of hydrogen-bond donors (Lipinski definition) is 1. The molecule has 1 amide bonds. The lowest BCUT2D eigenvalue weighted by molar-refractivity contribution is -0.119.